The Hall–Kier alpha value is -3.79. The Labute approximate surface area is 241 Å². The van der Waals surface area contributed by atoms with Gasteiger partial charge in [0.05, 0.1) is 24.0 Å². The number of nitrogens with zero attached hydrogens (tertiary/aromatic N) is 2. The molecule has 10 nitrogen and oxygen atoms in total. The Morgan fingerprint density at radius 2 is 1.85 bits per heavy atom. The van der Waals surface area contributed by atoms with E-state index in [9.17, 15) is 19.2 Å². The van der Waals surface area contributed by atoms with Crippen LogP contribution in [0.25, 0.3) is 17.0 Å². The van der Waals surface area contributed by atoms with Crippen molar-refractivity contribution in [1.29, 1.82) is 0 Å². The molecule has 0 aliphatic carbocycles. The van der Waals surface area contributed by atoms with Crippen molar-refractivity contribution in [2.24, 2.45) is 11.3 Å². The molecule has 1 aromatic carbocycles. The third-order valence-electron chi connectivity index (χ3n) is 6.99. The van der Waals surface area contributed by atoms with Crippen molar-refractivity contribution in [3.63, 3.8) is 0 Å². The lowest BCUT2D eigenvalue weighted by molar-refractivity contribution is -0.165. The van der Waals surface area contributed by atoms with Crippen molar-refractivity contribution < 1.29 is 30.8 Å². The van der Waals surface area contributed by atoms with Crippen LogP contribution in [0.5, 0.6) is 0 Å². The van der Waals surface area contributed by atoms with Crippen LogP contribution < -0.4 is 16.1 Å². The summed E-state index contributed by atoms with van der Waals surface area (Å²) in [6.07, 6.45) is 0.714. The van der Waals surface area contributed by atoms with E-state index in [1.54, 1.807) is 25.1 Å². The van der Waals surface area contributed by atoms with E-state index in [2.05, 4.69) is 16.1 Å². The van der Waals surface area contributed by atoms with Crippen molar-refractivity contribution in [2.45, 2.75) is 78.5 Å². The summed E-state index contributed by atoms with van der Waals surface area (Å²) in [5, 5.41) is 7.23. The minimum atomic E-state index is -3.29. The Kier molecular flexibility index (Phi) is 6.75. The van der Waals surface area contributed by atoms with E-state index < -0.39 is 60.2 Å². The van der Waals surface area contributed by atoms with Gasteiger partial charge in [-0.25, -0.2) is 5.43 Å². The second-order valence-corrected chi connectivity index (χ2v) is 10.8. The van der Waals surface area contributed by atoms with Crippen molar-refractivity contribution in [2.75, 3.05) is 6.54 Å². The van der Waals surface area contributed by atoms with E-state index in [1.807, 2.05) is 18.2 Å². The van der Waals surface area contributed by atoms with Gasteiger partial charge in [-0.2, -0.15) is 0 Å². The van der Waals surface area contributed by atoms with Gasteiger partial charge in [0.25, 0.3) is 11.8 Å². The van der Waals surface area contributed by atoms with E-state index in [-0.39, 0.29) is 12.5 Å². The van der Waals surface area contributed by atoms with Crippen LogP contribution in [0.15, 0.2) is 36.4 Å². The van der Waals surface area contributed by atoms with Crippen LogP contribution in [0.4, 0.5) is 0 Å². The van der Waals surface area contributed by atoms with Gasteiger partial charge in [-0.1, -0.05) is 44.1 Å². The number of benzene rings is 1. The average Bonchev–Trinajstić information content (AvgIpc) is 2.97. The topological polar surface area (TPSA) is 130 Å². The second kappa shape index (κ2) is 11.8. The fourth-order valence-electron chi connectivity index (χ4n) is 4.46. The number of ether oxygens (including phenoxy) is 1. The molecule has 4 rings (SSSR count). The maximum absolute atomic E-state index is 13.6. The first-order valence-corrected chi connectivity index (χ1v) is 13.3. The van der Waals surface area contributed by atoms with Gasteiger partial charge in [-0.15, -0.1) is 0 Å². The van der Waals surface area contributed by atoms with Gasteiger partial charge in [0, 0.05) is 17.4 Å². The predicted molar refractivity (Wildman–Crippen MR) is 151 cm³/mol. The molecule has 1 unspecified atom stereocenters. The SMILES string of the molecule is [2H]C([2H])([2H])C([2H])(C)[C@]1([2H])OC(=O)C(C)(C)/C=C/c2ccc3ccc(nc3c2)[C@@H](C)NC(=O)[C@@H]2CCCN(N2)C(=O)[C@H](C)NC1=O. The third kappa shape index (κ3) is 6.50. The van der Waals surface area contributed by atoms with Crippen LogP contribution in [0.1, 0.15) is 78.5 Å². The van der Waals surface area contributed by atoms with Gasteiger partial charge >= 0.3 is 5.97 Å². The standard InChI is InChI=1S/C30H39N5O5/c1-17(2)25-27(37)32-19(4)28(38)35-15-7-8-23(34-35)26(36)31-18(3)22-12-11-21-10-9-20(16-24(21)33-22)13-14-30(5,6)29(39)40-25/h9-14,16-19,23,25,34H,7-8,15H2,1-6H3,(H,31,36)(H,32,37)/b14-13+/t18-,19+,23+,25+/m1/s1/i1D3,17D,25D/t17?,18-,19+,23+,25+. The molecule has 1 saturated heterocycles. The second-order valence-electron chi connectivity index (χ2n) is 10.8. The number of esters is 1. The van der Waals surface area contributed by atoms with Crippen molar-refractivity contribution in [1.82, 2.24) is 26.1 Å². The Morgan fingerprint density at radius 3 is 2.60 bits per heavy atom. The normalized spacial score (nSPS) is 32.7. The molecule has 5 bridgehead atoms. The van der Waals surface area contributed by atoms with Gasteiger partial charge < -0.3 is 15.4 Å². The van der Waals surface area contributed by atoms with Crippen molar-refractivity contribution >= 4 is 40.7 Å². The number of aromatic nitrogens is 1. The number of hydrogen-bond donors (Lipinski definition) is 3. The minimum absolute atomic E-state index is 0.208. The zero-order valence-corrected chi connectivity index (χ0v) is 23.3. The molecule has 2 aliphatic heterocycles. The summed E-state index contributed by atoms with van der Waals surface area (Å²) >= 11 is 0. The number of nitrogens with one attached hydrogen (secondary N) is 3. The molecule has 3 heterocycles. The van der Waals surface area contributed by atoms with Crippen LogP contribution in [-0.2, 0) is 23.9 Å². The molecule has 0 saturated carbocycles. The lowest BCUT2D eigenvalue weighted by Gasteiger charge is -2.35. The van der Waals surface area contributed by atoms with Crippen molar-refractivity contribution in [3.05, 3.63) is 47.7 Å². The minimum Gasteiger partial charge on any atom is -0.451 e. The highest BCUT2D eigenvalue weighted by Crippen LogP contribution is 2.25. The highest BCUT2D eigenvalue weighted by atomic mass is 16.5. The van der Waals surface area contributed by atoms with E-state index in [1.165, 1.54) is 31.9 Å². The number of hydrazine groups is 1. The Balaban J connectivity index is 1.80. The summed E-state index contributed by atoms with van der Waals surface area (Å²) in [6, 6.07) is 6.56. The number of carbonyl (C=O) groups is 4. The molecular formula is C30H39N5O5. The summed E-state index contributed by atoms with van der Waals surface area (Å²) in [5.74, 6) is -6.56. The Morgan fingerprint density at radius 1 is 1.12 bits per heavy atom. The zero-order valence-electron chi connectivity index (χ0n) is 28.3. The molecular weight excluding hydrogens is 510 g/mol. The predicted octanol–water partition coefficient (Wildman–Crippen LogP) is 3.03. The molecule has 0 radical (unpaired) electrons. The van der Waals surface area contributed by atoms with E-state index >= 15 is 0 Å². The molecule has 5 atom stereocenters. The van der Waals surface area contributed by atoms with Gasteiger partial charge in [0.1, 0.15) is 12.1 Å². The Bertz CT molecular complexity index is 1540. The number of hydrogen-bond acceptors (Lipinski definition) is 7. The van der Waals surface area contributed by atoms with Gasteiger partial charge in [-0.3, -0.25) is 29.2 Å². The molecule has 1 aromatic heterocycles. The van der Waals surface area contributed by atoms with E-state index in [0.29, 0.717) is 29.6 Å². The lowest BCUT2D eigenvalue weighted by atomic mass is 9.92. The molecule has 10 heteroatoms. The molecule has 1 fully saturated rings. The maximum atomic E-state index is 13.6. The fourth-order valence-corrected chi connectivity index (χ4v) is 4.46. The van der Waals surface area contributed by atoms with Crippen LogP contribution in [0.2, 0.25) is 0 Å². The molecule has 2 aromatic rings. The number of carbonyl (C=O) groups excluding carboxylic acids is 4. The van der Waals surface area contributed by atoms with Crippen LogP contribution in [-0.4, -0.2) is 58.4 Å². The first-order chi connectivity index (χ1) is 20.8. The molecule has 2 aliphatic rings. The first-order valence-electron chi connectivity index (χ1n) is 15.8. The van der Waals surface area contributed by atoms with Crippen molar-refractivity contribution in [3.8, 4) is 0 Å². The number of cyclic esters (lactones) is 1. The smallest absolute Gasteiger partial charge is 0.316 e. The molecule has 3 N–H and O–H groups in total. The number of amides is 3. The summed E-state index contributed by atoms with van der Waals surface area (Å²) in [5.41, 5.74) is 3.32. The van der Waals surface area contributed by atoms with Gasteiger partial charge in [0.2, 0.25) is 5.91 Å². The van der Waals surface area contributed by atoms with Crippen LogP contribution >= 0.6 is 0 Å². The van der Waals surface area contributed by atoms with E-state index in [0.717, 1.165) is 12.3 Å². The fraction of sp³-hybridized carbons (Fsp3) is 0.500. The number of fused-ring (bicyclic) bond motifs is 4. The largest absolute Gasteiger partial charge is 0.451 e. The first kappa shape index (κ1) is 23.0. The van der Waals surface area contributed by atoms with Gasteiger partial charge in [0.15, 0.2) is 6.08 Å². The molecule has 3 amide bonds. The highest BCUT2D eigenvalue weighted by Gasteiger charge is 2.36. The monoisotopic (exact) mass is 554 g/mol. The average molecular weight is 555 g/mol. The molecule has 214 valence electrons. The number of rotatable bonds is 1. The molecule has 40 heavy (non-hydrogen) atoms. The summed E-state index contributed by atoms with van der Waals surface area (Å²) in [7, 11) is 0. The molecule has 0 spiro atoms. The third-order valence-corrected chi connectivity index (χ3v) is 6.99. The van der Waals surface area contributed by atoms with Crippen LogP contribution in [0, 0.1) is 11.3 Å². The summed E-state index contributed by atoms with van der Waals surface area (Å²) < 4.78 is 46.4. The highest BCUT2D eigenvalue weighted by molar-refractivity contribution is 5.91. The maximum Gasteiger partial charge on any atom is 0.316 e. The summed E-state index contributed by atoms with van der Waals surface area (Å²) in [4.78, 5) is 58.3. The van der Waals surface area contributed by atoms with Gasteiger partial charge in [-0.05, 0) is 64.1 Å². The zero-order chi connectivity index (χ0) is 33.5. The summed E-state index contributed by atoms with van der Waals surface area (Å²) in [6.45, 7) is 3.81. The lowest BCUT2D eigenvalue weighted by Crippen LogP contribution is -2.61. The quantitative estimate of drug-likeness (QED) is 0.462. The number of pyridine rings is 1. The van der Waals surface area contributed by atoms with Crippen LogP contribution in [0.3, 0.4) is 0 Å². The van der Waals surface area contributed by atoms with E-state index in [4.69, 9.17) is 16.6 Å².